The van der Waals surface area contributed by atoms with E-state index >= 15 is 0 Å². The van der Waals surface area contributed by atoms with Gasteiger partial charge in [-0.15, -0.1) is 0 Å². The second-order valence-corrected chi connectivity index (χ2v) is 4.73. The molecule has 0 amide bonds. The van der Waals surface area contributed by atoms with Gasteiger partial charge in [0.05, 0.1) is 11.1 Å². The normalized spacial score (nSPS) is 12.4. The van der Waals surface area contributed by atoms with Gasteiger partial charge < -0.3 is 5.32 Å². The first-order chi connectivity index (χ1) is 8.63. The lowest BCUT2D eigenvalue weighted by molar-refractivity contribution is 0.617. The van der Waals surface area contributed by atoms with Crippen LogP contribution in [0, 0.1) is 5.82 Å². The number of benzene rings is 2. The van der Waals surface area contributed by atoms with Gasteiger partial charge in [-0.05, 0) is 36.4 Å². The predicted molar refractivity (Wildman–Crippen MR) is 73.8 cm³/mol. The summed E-state index contributed by atoms with van der Waals surface area (Å²) in [6, 6.07) is 12.0. The zero-order valence-corrected chi connectivity index (χ0v) is 11.3. The molecule has 0 saturated heterocycles. The van der Waals surface area contributed by atoms with Gasteiger partial charge in [-0.25, -0.2) is 4.39 Å². The van der Waals surface area contributed by atoms with E-state index < -0.39 is 5.82 Å². The minimum Gasteiger partial charge on any atom is -0.309 e. The maximum Gasteiger partial charge on any atom is 0.142 e. The van der Waals surface area contributed by atoms with Gasteiger partial charge in [0.15, 0.2) is 0 Å². The van der Waals surface area contributed by atoms with Gasteiger partial charge in [-0.2, -0.15) is 0 Å². The van der Waals surface area contributed by atoms with Gasteiger partial charge in [-0.3, -0.25) is 0 Å². The van der Waals surface area contributed by atoms with Crippen LogP contribution in [-0.2, 0) is 0 Å². The summed E-state index contributed by atoms with van der Waals surface area (Å²) in [5.74, 6) is -0.420. The number of nitrogens with one attached hydrogen (secondary N) is 1. The molecule has 1 unspecified atom stereocenters. The Kier molecular flexibility index (Phi) is 4.23. The van der Waals surface area contributed by atoms with E-state index in [2.05, 4.69) is 5.32 Å². The van der Waals surface area contributed by atoms with E-state index in [-0.39, 0.29) is 11.1 Å². The highest BCUT2D eigenvalue weighted by atomic mass is 35.5. The molecule has 0 aromatic heterocycles. The number of hydrogen-bond acceptors (Lipinski definition) is 1. The molecule has 0 aliphatic rings. The topological polar surface area (TPSA) is 12.0 Å². The molecule has 0 aliphatic heterocycles. The molecule has 2 aromatic carbocycles. The fourth-order valence-corrected chi connectivity index (χ4v) is 2.37. The Balaban J connectivity index is 2.49. The molecule has 1 nitrogen and oxygen atoms in total. The molecule has 0 fully saturated rings. The quantitative estimate of drug-likeness (QED) is 0.878. The Morgan fingerprint density at radius 3 is 2.50 bits per heavy atom. The molecule has 0 bridgehead atoms. The third-order valence-electron chi connectivity index (χ3n) is 2.76. The van der Waals surface area contributed by atoms with Crippen molar-refractivity contribution in [2.75, 3.05) is 7.05 Å². The van der Waals surface area contributed by atoms with Crippen LogP contribution in [0.2, 0.25) is 10.0 Å². The van der Waals surface area contributed by atoms with Gasteiger partial charge in [0.2, 0.25) is 0 Å². The molecule has 2 aromatic rings. The Labute approximate surface area is 116 Å². The van der Waals surface area contributed by atoms with Crippen molar-refractivity contribution < 1.29 is 4.39 Å². The minimum absolute atomic E-state index is 0.136. The van der Waals surface area contributed by atoms with Crippen molar-refractivity contribution in [1.29, 1.82) is 0 Å². The Bertz CT molecular complexity index is 557. The molecule has 0 radical (unpaired) electrons. The molecule has 0 saturated carbocycles. The SMILES string of the molecule is CNC(c1cccc(Cl)c1)c1cccc(F)c1Cl. The summed E-state index contributed by atoms with van der Waals surface area (Å²) in [5.41, 5.74) is 1.64. The third-order valence-corrected chi connectivity index (χ3v) is 3.40. The first-order valence-electron chi connectivity index (χ1n) is 5.50. The number of rotatable bonds is 3. The zero-order valence-electron chi connectivity index (χ0n) is 9.75. The van der Waals surface area contributed by atoms with Crippen molar-refractivity contribution in [1.82, 2.24) is 5.32 Å². The lowest BCUT2D eigenvalue weighted by atomic mass is 9.99. The molecule has 4 heteroatoms. The summed E-state index contributed by atoms with van der Waals surface area (Å²) in [6.07, 6.45) is 0. The average Bonchev–Trinajstić information content (AvgIpc) is 2.35. The molecule has 18 heavy (non-hydrogen) atoms. The smallest absolute Gasteiger partial charge is 0.142 e. The summed E-state index contributed by atoms with van der Waals surface area (Å²) in [6.45, 7) is 0. The van der Waals surface area contributed by atoms with E-state index in [0.717, 1.165) is 5.56 Å². The zero-order chi connectivity index (χ0) is 13.1. The maximum atomic E-state index is 13.5. The highest BCUT2D eigenvalue weighted by molar-refractivity contribution is 6.31. The van der Waals surface area contributed by atoms with E-state index in [1.807, 2.05) is 18.2 Å². The molecule has 0 heterocycles. The summed E-state index contributed by atoms with van der Waals surface area (Å²) < 4.78 is 13.5. The van der Waals surface area contributed by atoms with Crippen molar-refractivity contribution in [2.45, 2.75) is 6.04 Å². The maximum absolute atomic E-state index is 13.5. The highest BCUT2D eigenvalue weighted by Gasteiger charge is 2.17. The van der Waals surface area contributed by atoms with Crippen LogP contribution in [0.25, 0.3) is 0 Å². The van der Waals surface area contributed by atoms with Crippen LogP contribution in [0.3, 0.4) is 0 Å². The molecular weight excluding hydrogens is 272 g/mol. The van der Waals surface area contributed by atoms with E-state index in [0.29, 0.717) is 10.6 Å². The molecule has 1 N–H and O–H groups in total. The van der Waals surface area contributed by atoms with Crippen molar-refractivity contribution in [3.63, 3.8) is 0 Å². The largest absolute Gasteiger partial charge is 0.309 e. The van der Waals surface area contributed by atoms with Gasteiger partial charge >= 0.3 is 0 Å². The fourth-order valence-electron chi connectivity index (χ4n) is 1.93. The number of halogens is 3. The van der Waals surface area contributed by atoms with Crippen LogP contribution in [0.15, 0.2) is 42.5 Å². The Morgan fingerprint density at radius 1 is 1.11 bits per heavy atom. The second kappa shape index (κ2) is 5.70. The minimum atomic E-state index is -0.420. The molecule has 0 aliphatic carbocycles. The van der Waals surface area contributed by atoms with Gasteiger partial charge in [0.25, 0.3) is 0 Å². The van der Waals surface area contributed by atoms with E-state index in [1.54, 1.807) is 25.2 Å². The van der Waals surface area contributed by atoms with E-state index in [9.17, 15) is 4.39 Å². The van der Waals surface area contributed by atoms with Gasteiger partial charge in [-0.1, -0.05) is 47.5 Å². The molecule has 0 spiro atoms. The first-order valence-corrected chi connectivity index (χ1v) is 6.25. The summed E-state index contributed by atoms with van der Waals surface area (Å²) in [4.78, 5) is 0. The van der Waals surface area contributed by atoms with Crippen LogP contribution < -0.4 is 5.32 Å². The second-order valence-electron chi connectivity index (χ2n) is 3.92. The van der Waals surface area contributed by atoms with Crippen molar-refractivity contribution in [3.05, 3.63) is 69.5 Å². The third kappa shape index (κ3) is 2.66. The van der Waals surface area contributed by atoms with Gasteiger partial charge in [0, 0.05) is 5.02 Å². The summed E-state index contributed by atoms with van der Waals surface area (Å²) >= 11 is 12.0. The molecule has 1 atom stereocenters. The molecular formula is C14H12Cl2FN. The molecule has 94 valence electrons. The highest BCUT2D eigenvalue weighted by Crippen LogP contribution is 2.30. The van der Waals surface area contributed by atoms with Crippen LogP contribution in [0.5, 0.6) is 0 Å². The lowest BCUT2D eigenvalue weighted by Gasteiger charge is -2.19. The standard InChI is InChI=1S/C14H12Cl2FN/c1-18-14(9-4-2-5-10(15)8-9)11-6-3-7-12(17)13(11)16/h2-8,14,18H,1H3. The van der Waals surface area contributed by atoms with Crippen molar-refractivity contribution >= 4 is 23.2 Å². The number of hydrogen-bond donors (Lipinski definition) is 1. The first kappa shape index (κ1) is 13.3. The van der Waals surface area contributed by atoms with Crippen LogP contribution >= 0.6 is 23.2 Å². The molecule has 2 rings (SSSR count). The summed E-state index contributed by atoms with van der Waals surface area (Å²) in [7, 11) is 1.80. The average molecular weight is 284 g/mol. The van der Waals surface area contributed by atoms with Crippen LogP contribution in [-0.4, -0.2) is 7.05 Å². The fraction of sp³-hybridized carbons (Fsp3) is 0.143. The van der Waals surface area contributed by atoms with Crippen molar-refractivity contribution in [3.8, 4) is 0 Å². The predicted octanol–water partition coefficient (Wildman–Crippen LogP) is 4.44. The van der Waals surface area contributed by atoms with Crippen LogP contribution in [0.1, 0.15) is 17.2 Å². The Hall–Kier alpha value is -1.09. The van der Waals surface area contributed by atoms with Crippen LogP contribution in [0.4, 0.5) is 4.39 Å². The van der Waals surface area contributed by atoms with E-state index in [4.69, 9.17) is 23.2 Å². The monoisotopic (exact) mass is 283 g/mol. The lowest BCUT2D eigenvalue weighted by Crippen LogP contribution is -2.18. The van der Waals surface area contributed by atoms with E-state index in [1.165, 1.54) is 6.07 Å². The summed E-state index contributed by atoms with van der Waals surface area (Å²) in [5, 5.41) is 3.90. The van der Waals surface area contributed by atoms with Gasteiger partial charge in [0.1, 0.15) is 5.82 Å². The Morgan fingerprint density at radius 2 is 1.83 bits per heavy atom. The van der Waals surface area contributed by atoms with Crippen molar-refractivity contribution in [2.24, 2.45) is 0 Å².